The number of nitro groups is 1. The zero-order chi connectivity index (χ0) is 21.9. The summed E-state index contributed by atoms with van der Waals surface area (Å²) in [5.41, 5.74) is 4.83. The minimum Gasteiger partial charge on any atom is -0.459 e. The molecule has 1 atom stereocenters. The number of hydrogen-bond acceptors (Lipinski definition) is 5. The van der Waals surface area contributed by atoms with Crippen LogP contribution in [-0.4, -0.2) is 34.3 Å². The number of non-ortho nitro benzene ring substituents is 1. The number of benzene rings is 2. The van der Waals surface area contributed by atoms with Crippen molar-refractivity contribution in [1.82, 2.24) is 4.90 Å². The number of carbonyl (C=O) groups excluding carboxylic acids is 2. The standard InChI is InChI=1S/C21H20N4O5/c1-3-13-24(16(2)21(27)30-15-17-7-5-4-6-8-17)20(26)14-22-23-18-9-11-19(12-10-18)25(28)29/h3-12,16H,1,13,15H2,2H3/t16-/m0/s1. The fourth-order valence-corrected chi connectivity index (χ4v) is 2.36. The quantitative estimate of drug-likeness (QED) is 0.216. The number of hydrogen-bond donors (Lipinski definition) is 0. The molecule has 0 radical (unpaired) electrons. The lowest BCUT2D eigenvalue weighted by Crippen LogP contribution is -2.43. The number of nitrogens with zero attached hydrogens (tertiary/aromatic N) is 4. The minimum absolute atomic E-state index is 0.0838. The first-order chi connectivity index (χ1) is 14.4. The summed E-state index contributed by atoms with van der Waals surface area (Å²) in [5, 5.41) is 10.6. The molecule has 1 amide bonds. The Balaban J connectivity index is 1.97. The number of rotatable bonds is 8. The first-order valence-corrected chi connectivity index (χ1v) is 8.95. The number of nitro benzene ring substituents is 1. The van der Waals surface area contributed by atoms with Gasteiger partial charge in [0.1, 0.15) is 12.6 Å². The summed E-state index contributed by atoms with van der Waals surface area (Å²) >= 11 is 0. The van der Waals surface area contributed by atoms with Crippen LogP contribution in [-0.2, 0) is 20.9 Å². The summed E-state index contributed by atoms with van der Waals surface area (Å²) < 4.78 is 5.27. The third kappa shape index (κ3) is 6.45. The molecule has 9 heteroatoms. The first kappa shape index (κ1) is 22.1. The lowest BCUT2D eigenvalue weighted by Gasteiger charge is -2.23. The molecule has 2 aromatic carbocycles. The molecule has 0 bridgehead atoms. The maximum Gasteiger partial charge on any atom is 0.374 e. The van der Waals surface area contributed by atoms with Gasteiger partial charge in [0.25, 0.3) is 5.69 Å². The van der Waals surface area contributed by atoms with Crippen molar-refractivity contribution in [3.8, 4) is 6.07 Å². The Morgan fingerprint density at radius 1 is 1.27 bits per heavy atom. The Morgan fingerprint density at radius 2 is 1.93 bits per heavy atom. The normalized spacial score (nSPS) is 10.7. The number of ether oxygens (including phenoxy) is 1. The Bertz CT molecular complexity index is 964. The van der Waals surface area contributed by atoms with Crippen LogP contribution in [0.4, 0.5) is 11.4 Å². The fourth-order valence-electron chi connectivity index (χ4n) is 2.36. The predicted molar refractivity (Wildman–Crippen MR) is 111 cm³/mol. The van der Waals surface area contributed by atoms with Crippen LogP contribution in [0.1, 0.15) is 12.5 Å². The van der Waals surface area contributed by atoms with Crippen molar-refractivity contribution in [3.63, 3.8) is 0 Å². The van der Waals surface area contributed by atoms with Crippen molar-refractivity contribution in [2.24, 2.45) is 0 Å². The average Bonchev–Trinajstić information content (AvgIpc) is 2.76. The SMILES string of the molecule is C=CCN(C(=O)C#[N+][N-]c1ccc([N+](=O)[O-])cc1)[C@@H](C)C(=O)OCc1ccccc1. The lowest BCUT2D eigenvalue weighted by atomic mass is 10.2. The summed E-state index contributed by atoms with van der Waals surface area (Å²) in [5.74, 6) is -1.26. The van der Waals surface area contributed by atoms with Crippen molar-refractivity contribution in [3.05, 3.63) is 93.3 Å². The van der Waals surface area contributed by atoms with E-state index in [-0.39, 0.29) is 18.8 Å². The number of esters is 1. The van der Waals surface area contributed by atoms with Gasteiger partial charge in [-0.3, -0.25) is 20.3 Å². The summed E-state index contributed by atoms with van der Waals surface area (Å²) in [7, 11) is 0. The molecule has 0 saturated heterocycles. The van der Waals surface area contributed by atoms with Crippen LogP contribution in [0.2, 0.25) is 0 Å². The van der Waals surface area contributed by atoms with Crippen LogP contribution in [0.5, 0.6) is 0 Å². The molecule has 0 fully saturated rings. The van der Waals surface area contributed by atoms with Crippen LogP contribution < -0.4 is 0 Å². The zero-order valence-corrected chi connectivity index (χ0v) is 16.3. The minimum atomic E-state index is -0.888. The Labute approximate surface area is 173 Å². The zero-order valence-electron chi connectivity index (χ0n) is 16.3. The molecule has 0 aromatic heterocycles. The molecule has 30 heavy (non-hydrogen) atoms. The van der Waals surface area contributed by atoms with Crippen molar-refractivity contribution >= 4 is 23.3 Å². The van der Waals surface area contributed by atoms with E-state index in [1.54, 1.807) is 0 Å². The molecule has 0 aliphatic rings. The molecule has 2 aromatic rings. The van der Waals surface area contributed by atoms with Crippen molar-refractivity contribution < 1.29 is 19.2 Å². The Morgan fingerprint density at radius 3 is 2.53 bits per heavy atom. The maximum atomic E-state index is 12.4. The molecule has 0 aliphatic heterocycles. The third-order valence-corrected chi connectivity index (χ3v) is 3.99. The van der Waals surface area contributed by atoms with E-state index in [2.05, 4.69) is 23.0 Å². The first-order valence-electron chi connectivity index (χ1n) is 8.95. The van der Waals surface area contributed by atoms with E-state index in [1.165, 1.54) is 42.2 Å². The van der Waals surface area contributed by atoms with Crippen LogP contribution >= 0.6 is 0 Å². The molecule has 0 aliphatic carbocycles. The van der Waals surface area contributed by atoms with Gasteiger partial charge in [-0.2, -0.15) is 0 Å². The fraction of sp³-hybridized carbons (Fsp3) is 0.190. The molecule has 9 nitrogen and oxygen atoms in total. The van der Waals surface area contributed by atoms with Gasteiger partial charge in [-0.15, -0.1) is 6.58 Å². The van der Waals surface area contributed by atoms with E-state index in [0.717, 1.165) is 5.56 Å². The van der Waals surface area contributed by atoms with Crippen molar-refractivity contribution in [2.45, 2.75) is 19.6 Å². The van der Waals surface area contributed by atoms with E-state index in [4.69, 9.17) is 4.74 Å². The molecule has 154 valence electrons. The Hall–Kier alpha value is -4.19. The van der Waals surface area contributed by atoms with Gasteiger partial charge in [0.2, 0.25) is 0 Å². The van der Waals surface area contributed by atoms with E-state index >= 15 is 0 Å². The third-order valence-electron chi connectivity index (χ3n) is 3.99. The van der Waals surface area contributed by atoms with Gasteiger partial charge in [-0.05, 0) is 12.5 Å². The van der Waals surface area contributed by atoms with Crippen molar-refractivity contribution in [1.29, 1.82) is 0 Å². The molecule has 2 rings (SSSR count). The molecule has 0 heterocycles. The van der Waals surface area contributed by atoms with Gasteiger partial charge in [-0.25, -0.2) is 4.79 Å². The monoisotopic (exact) mass is 408 g/mol. The van der Waals surface area contributed by atoms with E-state index in [9.17, 15) is 19.7 Å². The average molecular weight is 408 g/mol. The highest BCUT2D eigenvalue weighted by Gasteiger charge is 2.28. The largest absolute Gasteiger partial charge is 0.459 e. The molecule has 0 saturated carbocycles. The van der Waals surface area contributed by atoms with Crippen LogP contribution in [0.15, 0.2) is 67.3 Å². The second-order valence-corrected chi connectivity index (χ2v) is 6.10. The van der Waals surface area contributed by atoms with Gasteiger partial charge in [0.15, 0.2) is 0 Å². The lowest BCUT2D eigenvalue weighted by molar-refractivity contribution is -0.384. The van der Waals surface area contributed by atoms with E-state index in [0.29, 0.717) is 5.69 Å². The highest BCUT2D eigenvalue weighted by Crippen LogP contribution is 2.22. The molecule has 0 unspecified atom stereocenters. The number of amides is 1. The highest BCUT2D eigenvalue weighted by atomic mass is 16.6. The van der Waals surface area contributed by atoms with Gasteiger partial charge in [0, 0.05) is 18.7 Å². The van der Waals surface area contributed by atoms with Gasteiger partial charge in [-0.1, -0.05) is 59.2 Å². The smallest absolute Gasteiger partial charge is 0.374 e. The predicted octanol–water partition coefficient (Wildman–Crippen LogP) is 3.99. The van der Waals surface area contributed by atoms with E-state index < -0.39 is 22.8 Å². The van der Waals surface area contributed by atoms with Gasteiger partial charge < -0.3 is 9.64 Å². The van der Waals surface area contributed by atoms with Gasteiger partial charge in [0.05, 0.1) is 4.92 Å². The number of carbonyl (C=O) groups is 2. The summed E-state index contributed by atoms with van der Waals surface area (Å²) in [6, 6.07) is 15.8. The Kier molecular flexibility index (Phi) is 8.08. The molecular weight excluding hydrogens is 388 g/mol. The summed E-state index contributed by atoms with van der Waals surface area (Å²) in [4.78, 5) is 39.6. The second kappa shape index (κ2) is 11.0. The molecular formula is C21H20N4O5. The van der Waals surface area contributed by atoms with Crippen LogP contribution in [0, 0.1) is 16.2 Å². The van der Waals surface area contributed by atoms with Gasteiger partial charge >= 0.3 is 17.9 Å². The molecule has 0 spiro atoms. The van der Waals surface area contributed by atoms with Crippen molar-refractivity contribution in [2.75, 3.05) is 6.54 Å². The summed E-state index contributed by atoms with van der Waals surface area (Å²) in [6.07, 6.45) is 1.47. The maximum absolute atomic E-state index is 12.4. The second-order valence-electron chi connectivity index (χ2n) is 6.10. The van der Waals surface area contributed by atoms with E-state index in [1.807, 2.05) is 30.3 Å². The summed E-state index contributed by atoms with van der Waals surface area (Å²) in [6.45, 7) is 5.29. The van der Waals surface area contributed by atoms with Crippen LogP contribution in [0.25, 0.3) is 10.4 Å². The topological polar surface area (TPSA) is 108 Å². The highest BCUT2D eigenvalue weighted by molar-refractivity contribution is 5.95. The molecule has 0 N–H and O–H groups in total. The van der Waals surface area contributed by atoms with Crippen LogP contribution in [0.3, 0.4) is 0 Å².